The molecule has 0 spiro atoms. The van der Waals surface area contributed by atoms with E-state index in [1.54, 1.807) is 13.0 Å². The van der Waals surface area contributed by atoms with Gasteiger partial charge in [0, 0.05) is 23.0 Å². The van der Waals surface area contributed by atoms with Crippen molar-refractivity contribution in [2.45, 2.75) is 25.5 Å². The molecule has 0 amide bonds. The molecular weight excluding hydrogens is 479 g/mol. The standard InChI is InChI=1S/C21H11F9N4/c1-10-6-11(4-5-31-10)13-9-32-34-17(21(28,29)30)8-16(33-18(13)34)12-2-3-14(19(22,23)24)15(7-12)20(25,26)27/h2-9H,1H3. The Labute approximate surface area is 184 Å². The van der Waals surface area contributed by atoms with Crippen molar-refractivity contribution in [1.29, 1.82) is 0 Å². The summed E-state index contributed by atoms with van der Waals surface area (Å²) in [7, 11) is 0. The van der Waals surface area contributed by atoms with Gasteiger partial charge < -0.3 is 0 Å². The van der Waals surface area contributed by atoms with Gasteiger partial charge in [-0.25, -0.2) is 9.50 Å². The van der Waals surface area contributed by atoms with E-state index in [2.05, 4.69) is 15.1 Å². The fraction of sp³-hybridized carbons (Fsp3) is 0.190. The topological polar surface area (TPSA) is 43.1 Å². The van der Waals surface area contributed by atoms with Crippen molar-refractivity contribution in [2.24, 2.45) is 0 Å². The van der Waals surface area contributed by atoms with Gasteiger partial charge in [0.15, 0.2) is 11.3 Å². The number of benzene rings is 1. The van der Waals surface area contributed by atoms with E-state index in [9.17, 15) is 39.5 Å². The summed E-state index contributed by atoms with van der Waals surface area (Å²) >= 11 is 0. The lowest BCUT2D eigenvalue weighted by Crippen LogP contribution is -2.17. The first-order chi connectivity index (χ1) is 15.7. The average molecular weight is 490 g/mol. The van der Waals surface area contributed by atoms with E-state index >= 15 is 0 Å². The highest BCUT2D eigenvalue weighted by molar-refractivity contribution is 5.79. The van der Waals surface area contributed by atoms with Crippen LogP contribution in [0.1, 0.15) is 22.5 Å². The van der Waals surface area contributed by atoms with Crippen LogP contribution in [-0.4, -0.2) is 19.6 Å². The Hall–Kier alpha value is -3.64. The molecule has 3 aromatic heterocycles. The molecule has 1 aromatic carbocycles. The summed E-state index contributed by atoms with van der Waals surface area (Å²) in [5, 5.41) is 3.71. The second-order valence-corrected chi connectivity index (χ2v) is 7.26. The van der Waals surface area contributed by atoms with Gasteiger partial charge >= 0.3 is 18.5 Å². The largest absolute Gasteiger partial charge is 0.433 e. The van der Waals surface area contributed by atoms with Gasteiger partial charge in [-0.05, 0) is 42.8 Å². The maximum Gasteiger partial charge on any atom is 0.433 e. The molecule has 0 unspecified atom stereocenters. The van der Waals surface area contributed by atoms with Crippen molar-refractivity contribution in [3.63, 3.8) is 0 Å². The van der Waals surface area contributed by atoms with Crippen LogP contribution in [0.25, 0.3) is 28.0 Å². The average Bonchev–Trinajstić information content (AvgIpc) is 3.14. The van der Waals surface area contributed by atoms with E-state index in [4.69, 9.17) is 0 Å². The third kappa shape index (κ3) is 4.29. The van der Waals surface area contributed by atoms with E-state index in [1.807, 2.05) is 0 Å². The zero-order valence-corrected chi connectivity index (χ0v) is 16.8. The summed E-state index contributed by atoms with van der Waals surface area (Å²) in [5.74, 6) is 0. The number of nitrogens with zero attached hydrogens (tertiary/aromatic N) is 4. The second-order valence-electron chi connectivity index (χ2n) is 7.26. The van der Waals surface area contributed by atoms with Gasteiger partial charge in [-0.2, -0.15) is 44.6 Å². The van der Waals surface area contributed by atoms with Crippen molar-refractivity contribution in [3.05, 3.63) is 71.3 Å². The van der Waals surface area contributed by atoms with Crippen LogP contribution in [0.4, 0.5) is 39.5 Å². The van der Waals surface area contributed by atoms with Crippen LogP contribution < -0.4 is 0 Å². The molecule has 0 aliphatic rings. The van der Waals surface area contributed by atoms with Crippen molar-refractivity contribution in [2.75, 3.05) is 0 Å². The number of halogens is 9. The van der Waals surface area contributed by atoms with Crippen LogP contribution in [0.15, 0.2) is 48.8 Å². The Morgan fingerprint density at radius 1 is 0.735 bits per heavy atom. The minimum atomic E-state index is -5.41. The van der Waals surface area contributed by atoms with Crippen LogP contribution in [0.2, 0.25) is 0 Å². The summed E-state index contributed by atoms with van der Waals surface area (Å²) in [6.07, 6.45) is -13.2. The molecule has 0 bridgehead atoms. The lowest BCUT2D eigenvalue weighted by atomic mass is 10.0. The molecule has 0 saturated carbocycles. The second kappa shape index (κ2) is 7.71. The quantitative estimate of drug-likeness (QED) is 0.290. The number of aryl methyl sites for hydroxylation is 1. The van der Waals surface area contributed by atoms with Crippen LogP contribution in [-0.2, 0) is 18.5 Å². The normalized spacial score (nSPS) is 13.0. The highest BCUT2D eigenvalue weighted by Gasteiger charge is 2.43. The van der Waals surface area contributed by atoms with Gasteiger partial charge in [-0.3, -0.25) is 4.98 Å². The van der Waals surface area contributed by atoms with Crippen LogP contribution in [0, 0.1) is 6.92 Å². The zero-order chi connectivity index (χ0) is 25.1. The highest BCUT2D eigenvalue weighted by atomic mass is 19.4. The molecule has 4 rings (SSSR count). The van der Waals surface area contributed by atoms with Crippen molar-refractivity contribution >= 4 is 5.65 Å². The fourth-order valence-corrected chi connectivity index (χ4v) is 3.41. The monoisotopic (exact) mass is 490 g/mol. The number of hydrogen-bond donors (Lipinski definition) is 0. The number of rotatable bonds is 2. The van der Waals surface area contributed by atoms with Crippen LogP contribution in [0.3, 0.4) is 0 Å². The number of fused-ring (bicyclic) bond motifs is 1. The molecule has 0 saturated heterocycles. The lowest BCUT2D eigenvalue weighted by molar-refractivity contribution is -0.162. The Balaban J connectivity index is 2.01. The Bertz CT molecular complexity index is 1380. The smallest absolute Gasteiger partial charge is 0.262 e. The number of pyridine rings is 1. The first-order valence-corrected chi connectivity index (χ1v) is 9.34. The minimum Gasteiger partial charge on any atom is -0.262 e. The zero-order valence-electron chi connectivity index (χ0n) is 16.8. The summed E-state index contributed by atoms with van der Waals surface area (Å²) in [4.78, 5) is 8.02. The Morgan fingerprint density at radius 2 is 1.41 bits per heavy atom. The van der Waals surface area contributed by atoms with Gasteiger partial charge in [0.1, 0.15) is 0 Å². The van der Waals surface area contributed by atoms with E-state index in [0.717, 1.165) is 6.20 Å². The molecule has 0 aliphatic heterocycles. The molecular formula is C21H11F9N4. The summed E-state index contributed by atoms with van der Waals surface area (Å²) < 4.78 is 121. The molecule has 34 heavy (non-hydrogen) atoms. The van der Waals surface area contributed by atoms with Crippen molar-refractivity contribution in [3.8, 4) is 22.4 Å². The SMILES string of the molecule is Cc1cc(-c2cnn3c(C(F)(F)F)cc(-c4ccc(C(F)(F)F)c(C(F)(F)F)c4)nc23)ccn1. The minimum absolute atomic E-state index is 0.126. The Morgan fingerprint density at radius 3 is 2.00 bits per heavy atom. The molecule has 3 heterocycles. The van der Waals surface area contributed by atoms with E-state index < -0.39 is 46.6 Å². The Kier molecular flexibility index (Phi) is 5.33. The molecule has 0 aliphatic carbocycles. The first-order valence-electron chi connectivity index (χ1n) is 9.34. The molecule has 4 nitrogen and oxygen atoms in total. The molecule has 178 valence electrons. The number of alkyl halides is 9. The molecule has 13 heteroatoms. The maximum absolute atomic E-state index is 13.8. The third-order valence-electron chi connectivity index (χ3n) is 4.90. The van der Waals surface area contributed by atoms with Crippen LogP contribution in [0.5, 0.6) is 0 Å². The van der Waals surface area contributed by atoms with E-state index in [0.29, 0.717) is 27.9 Å². The third-order valence-corrected chi connectivity index (χ3v) is 4.90. The van der Waals surface area contributed by atoms with E-state index in [-0.39, 0.29) is 23.3 Å². The lowest BCUT2D eigenvalue weighted by Gasteiger charge is -2.17. The molecule has 0 radical (unpaired) electrons. The predicted octanol–water partition coefficient (Wildman–Crippen LogP) is 6.82. The number of aromatic nitrogens is 4. The van der Waals surface area contributed by atoms with Gasteiger partial charge in [-0.1, -0.05) is 6.07 Å². The summed E-state index contributed by atoms with van der Waals surface area (Å²) in [6.45, 7) is 1.63. The summed E-state index contributed by atoms with van der Waals surface area (Å²) in [6, 6.07) is 4.40. The van der Waals surface area contributed by atoms with E-state index in [1.165, 1.54) is 12.3 Å². The van der Waals surface area contributed by atoms with Gasteiger partial charge in [0.25, 0.3) is 0 Å². The molecule has 0 N–H and O–H groups in total. The van der Waals surface area contributed by atoms with Gasteiger partial charge in [-0.15, -0.1) is 0 Å². The highest BCUT2D eigenvalue weighted by Crippen LogP contribution is 2.42. The maximum atomic E-state index is 13.8. The van der Waals surface area contributed by atoms with Crippen molar-refractivity contribution < 1.29 is 39.5 Å². The first kappa shape index (κ1) is 23.5. The predicted molar refractivity (Wildman–Crippen MR) is 101 cm³/mol. The van der Waals surface area contributed by atoms with Crippen LogP contribution >= 0.6 is 0 Å². The molecule has 0 fully saturated rings. The molecule has 0 atom stereocenters. The van der Waals surface area contributed by atoms with Gasteiger partial charge in [0.05, 0.1) is 23.0 Å². The fourth-order valence-electron chi connectivity index (χ4n) is 3.41. The van der Waals surface area contributed by atoms with Gasteiger partial charge in [0.2, 0.25) is 0 Å². The van der Waals surface area contributed by atoms with Crippen molar-refractivity contribution in [1.82, 2.24) is 19.6 Å². The molecule has 4 aromatic rings. The number of hydrogen-bond acceptors (Lipinski definition) is 3. The summed E-state index contributed by atoms with van der Waals surface area (Å²) in [5.41, 5.74) is -5.84.